The molecular formula is C9H10N4S. The molecule has 2 N–H and O–H groups in total. The molecule has 0 radical (unpaired) electrons. The van der Waals surface area contributed by atoms with E-state index < -0.39 is 0 Å². The van der Waals surface area contributed by atoms with Gasteiger partial charge in [-0.05, 0) is 18.6 Å². The summed E-state index contributed by atoms with van der Waals surface area (Å²) in [5.74, 6) is 0.522. The molecular weight excluding hydrogens is 196 g/mol. The summed E-state index contributed by atoms with van der Waals surface area (Å²) in [5, 5.41) is 10.1. The number of pyridine rings is 1. The summed E-state index contributed by atoms with van der Waals surface area (Å²) in [6.45, 7) is 2.06. The molecule has 0 atom stereocenters. The molecule has 5 heteroatoms. The van der Waals surface area contributed by atoms with Crippen molar-refractivity contribution in [3.63, 3.8) is 0 Å². The topological polar surface area (TPSA) is 64.7 Å². The zero-order valence-corrected chi connectivity index (χ0v) is 8.58. The third-order valence-electron chi connectivity index (χ3n) is 1.80. The second-order valence-electron chi connectivity index (χ2n) is 2.83. The molecule has 0 saturated heterocycles. The van der Waals surface area contributed by atoms with Gasteiger partial charge in [-0.1, -0.05) is 18.3 Å². The molecule has 0 aliphatic rings. The Bertz CT molecular complexity index is 421. The first-order chi connectivity index (χ1) is 6.79. The van der Waals surface area contributed by atoms with Crippen LogP contribution in [0.3, 0.4) is 0 Å². The number of hydrogen-bond acceptors (Lipinski definition) is 5. The lowest BCUT2D eigenvalue weighted by Crippen LogP contribution is -1.88. The van der Waals surface area contributed by atoms with E-state index in [1.165, 1.54) is 0 Å². The van der Waals surface area contributed by atoms with E-state index in [2.05, 4.69) is 22.1 Å². The van der Waals surface area contributed by atoms with Gasteiger partial charge in [0, 0.05) is 11.8 Å². The highest BCUT2D eigenvalue weighted by molar-refractivity contribution is 7.14. The van der Waals surface area contributed by atoms with Crippen LogP contribution >= 0.6 is 11.3 Å². The first-order valence-corrected chi connectivity index (χ1v) is 5.15. The van der Waals surface area contributed by atoms with E-state index in [-0.39, 0.29) is 0 Å². The van der Waals surface area contributed by atoms with Gasteiger partial charge in [0.25, 0.3) is 0 Å². The van der Waals surface area contributed by atoms with Gasteiger partial charge in [-0.2, -0.15) is 0 Å². The van der Waals surface area contributed by atoms with Gasteiger partial charge in [-0.25, -0.2) is 4.98 Å². The molecule has 2 heterocycles. The maximum atomic E-state index is 5.49. The van der Waals surface area contributed by atoms with Crippen LogP contribution in [0.15, 0.2) is 18.3 Å². The van der Waals surface area contributed by atoms with E-state index in [0.29, 0.717) is 5.82 Å². The average molecular weight is 206 g/mol. The average Bonchev–Trinajstić information content (AvgIpc) is 2.67. The van der Waals surface area contributed by atoms with Crippen molar-refractivity contribution in [2.75, 3.05) is 5.73 Å². The second-order valence-corrected chi connectivity index (χ2v) is 3.89. The summed E-state index contributed by atoms with van der Waals surface area (Å²) >= 11 is 1.59. The SMILES string of the molecule is CCc1nnc(-c2ccc(N)nc2)s1. The fourth-order valence-electron chi connectivity index (χ4n) is 1.04. The summed E-state index contributed by atoms with van der Waals surface area (Å²) in [7, 11) is 0. The van der Waals surface area contributed by atoms with Crippen LogP contribution in [0.5, 0.6) is 0 Å². The summed E-state index contributed by atoms with van der Waals surface area (Å²) in [5.41, 5.74) is 6.46. The fourth-order valence-corrected chi connectivity index (χ4v) is 1.81. The minimum atomic E-state index is 0.522. The number of nitrogens with zero attached hydrogens (tertiary/aromatic N) is 3. The van der Waals surface area contributed by atoms with Crippen molar-refractivity contribution in [2.24, 2.45) is 0 Å². The molecule has 0 amide bonds. The first kappa shape index (κ1) is 9.08. The molecule has 0 fully saturated rings. The highest BCUT2D eigenvalue weighted by Crippen LogP contribution is 2.23. The lowest BCUT2D eigenvalue weighted by molar-refractivity contribution is 0.986. The molecule has 2 aromatic heterocycles. The molecule has 72 valence electrons. The van der Waals surface area contributed by atoms with Crippen molar-refractivity contribution in [3.8, 4) is 10.6 Å². The number of anilines is 1. The van der Waals surface area contributed by atoms with Crippen LogP contribution in [0.2, 0.25) is 0 Å². The molecule has 0 aliphatic carbocycles. The number of nitrogens with two attached hydrogens (primary N) is 1. The summed E-state index contributed by atoms with van der Waals surface area (Å²) in [6.07, 6.45) is 2.63. The Balaban J connectivity index is 2.34. The van der Waals surface area contributed by atoms with Crippen LogP contribution in [0, 0.1) is 0 Å². The van der Waals surface area contributed by atoms with Gasteiger partial charge in [0.05, 0.1) is 0 Å². The molecule has 0 spiro atoms. The van der Waals surface area contributed by atoms with Crippen LogP contribution in [0.4, 0.5) is 5.82 Å². The van der Waals surface area contributed by atoms with Crippen LogP contribution in [-0.4, -0.2) is 15.2 Å². The smallest absolute Gasteiger partial charge is 0.149 e. The summed E-state index contributed by atoms with van der Waals surface area (Å²) < 4.78 is 0. The van der Waals surface area contributed by atoms with Crippen LogP contribution in [-0.2, 0) is 6.42 Å². The van der Waals surface area contributed by atoms with Gasteiger partial charge < -0.3 is 5.73 Å². The molecule has 14 heavy (non-hydrogen) atoms. The predicted molar refractivity (Wildman–Crippen MR) is 56.9 cm³/mol. The Morgan fingerprint density at radius 1 is 1.36 bits per heavy atom. The third-order valence-corrected chi connectivity index (χ3v) is 2.92. The summed E-state index contributed by atoms with van der Waals surface area (Å²) in [6, 6.07) is 3.67. The number of nitrogen functional groups attached to an aromatic ring is 1. The molecule has 4 nitrogen and oxygen atoms in total. The zero-order valence-electron chi connectivity index (χ0n) is 7.77. The first-order valence-electron chi connectivity index (χ1n) is 4.34. The Hall–Kier alpha value is -1.49. The van der Waals surface area contributed by atoms with Crippen LogP contribution in [0.25, 0.3) is 10.6 Å². The standard InChI is InChI=1S/C9H10N4S/c1-2-8-12-13-9(14-8)6-3-4-7(10)11-5-6/h3-5H,2H2,1H3,(H2,10,11). The Labute approximate surface area is 85.8 Å². The minimum absolute atomic E-state index is 0.522. The van der Waals surface area contributed by atoms with Gasteiger partial charge in [0.2, 0.25) is 0 Å². The van der Waals surface area contributed by atoms with Crippen molar-refractivity contribution in [2.45, 2.75) is 13.3 Å². The van der Waals surface area contributed by atoms with E-state index in [0.717, 1.165) is 22.0 Å². The molecule has 0 unspecified atom stereocenters. The van der Waals surface area contributed by atoms with Gasteiger partial charge in [-0.3, -0.25) is 0 Å². The largest absolute Gasteiger partial charge is 0.384 e. The Kier molecular flexibility index (Phi) is 2.41. The van der Waals surface area contributed by atoms with Crippen LogP contribution < -0.4 is 5.73 Å². The maximum Gasteiger partial charge on any atom is 0.149 e. The third kappa shape index (κ3) is 1.72. The highest BCUT2D eigenvalue weighted by Gasteiger charge is 2.04. The number of hydrogen-bond donors (Lipinski definition) is 1. The Morgan fingerprint density at radius 3 is 2.79 bits per heavy atom. The maximum absolute atomic E-state index is 5.49. The lowest BCUT2D eigenvalue weighted by atomic mass is 10.3. The van der Waals surface area contributed by atoms with Gasteiger partial charge in [-0.15, -0.1) is 10.2 Å². The molecule has 0 aromatic carbocycles. The van der Waals surface area contributed by atoms with Gasteiger partial charge >= 0.3 is 0 Å². The van der Waals surface area contributed by atoms with E-state index in [1.807, 2.05) is 6.07 Å². The van der Waals surface area contributed by atoms with Gasteiger partial charge in [0.15, 0.2) is 0 Å². The normalized spacial score (nSPS) is 10.4. The van der Waals surface area contributed by atoms with Crippen molar-refractivity contribution >= 4 is 17.2 Å². The quantitative estimate of drug-likeness (QED) is 0.813. The zero-order chi connectivity index (χ0) is 9.97. The number of aromatic nitrogens is 3. The van der Waals surface area contributed by atoms with E-state index in [1.54, 1.807) is 23.6 Å². The molecule has 0 saturated carbocycles. The fraction of sp³-hybridized carbons (Fsp3) is 0.222. The molecule has 0 bridgehead atoms. The van der Waals surface area contributed by atoms with E-state index >= 15 is 0 Å². The monoisotopic (exact) mass is 206 g/mol. The highest BCUT2D eigenvalue weighted by atomic mass is 32.1. The van der Waals surface area contributed by atoms with Crippen LogP contribution in [0.1, 0.15) is 11.9 Å². The molecule has 2 aromatic rings. The Morgan fingerprint density at radius 2 is 2.21 bits per heavy atom. The minimum Gasteiger partial charge on any atom is -0.384 e. The van der Waals surface area contributed by atoms with E-state index in [9.17, 15) is 0 Å². The number of rotatable bonds is 2. The van der Waals surface area contributed by atoms with Crippen molar-refractivity contribution in [1.29, 1.82) is 0 Å². The summed E-state index contributed by atoms with van der Waals surface area (Å²) in [4.78, 5) is 4.01. The number of aryl methyl sites for hydroxylation is 1. The van der Waals surface area contributed by atoms with Crippen molar-refractivity contribution < 1.29 is 0 Å². The lowest BCUT2D eigenvalue weighted by Gasteiger charge is -1.94. The van der Waals surface area contributed by atoms with E-state index in [4.69, 9.17) is 5.73 Å². The second kappa shape index (κ2) is 3.71. The van der Waals surface area contributed by atoms with Crippen molar-refractivity contribution in [3.05, 3.63) is 23.3 Å². The van der Waals surface area contributed by atoms with Crippen molar-refractivity contribution in [1.82, 2.24) is 15.2 Å². The molecule has 0 aliphatic heterocycles. The predicted octanol–water partition coefficient (Wildman–Crippen LogP) is 1.74. The molecule has 2 rings (SSSR count). The van der Waals surface area contributed by atoms with Gasteiger partial charge in [0.1, 0.15) is 15.8 Å².